The second-order valence-electron chi connectivity index (χ2n) is 7.25. The highest BCUT2D eigenvalue weighted by molar-refractivity contribution is 7.13. The number of carbonyl (C=O) groups is 2. The summed E-state index contributed by atoms with van der Waals surface area (Å²) in [6.45, 7) is 2.76. The van der Waals surface area contributed by atoms with Crippen LogP contribution in [0.5, 0.6) is 0 Å². The molecule has 2 fully saturated rings. The minimum atomic E-state index is -0.148. The van der Waals surface area contributed by atoms with Gasteiger partial charge in [-0.25, -0.2) is 9.97 Å². The number of thiophene rings is 1. The van der Waals surface area contributed by atoms with Crippen LogP contribution in [0.4, 0.5) is 0 Å². The Balaban J connectivity index is 1.51. The van der Waals surface area contributed by atoms with Gasteiger partial charge in [0, 0.05) is 50.5 Å². The second kappa shape index (κ2) is 7.36. The summed E-state index contributed by atoms with van der Waals surface area (Å²) in [6, 6.07) is 3.92. The van der Waals surface area contributed by atoms with E-state index in [1.54, 1.807) is 23.7 Å². The number of amides is 2. The third-order valence-electron chi connectivity index (χ3n) is 5.66. The summed E-state index contributed by atoms with van der Waals surface area (Å²) in [5.41, 5.74) is 0.364. The lowest BCUT2D eigenvalue weighted by Crippen LogP contribution is -2.62. The maximum atomic E-state index is 13.0. The molecule has 2 aliphatic heterocycles. The zero-order chi connectivity index (χ0) is 18.9. The summed E-state index contributed by atoms with van der Waals surface area (Å²) in [5, 5.41) is 4.92. The third kappa shape index (κ3) is 3.59. The number of nitrogens with one attached hydrogen (secondary N) is 1. The fourth-order valence-corrected chi connectivity index (χ4v) is 4.60. The fourth-order valence-electron chi connectivity index (χ4n) is 3.92. The summed E-state index contributed by atoms with van der Waals surface area (Å²) >= 11 is 1.58. The topological polar surface area (TPSA) is 78.4 Å². The predicted octanol–water partition coefficient (Wildman–Crippen LogP) is 1.63. The molecular weight excluding hydrogens is 362 g/mol. The summed E-state index contributed by atoms with van der Waals surface area (Å²) in [6.07, 6.45) is 5.37. The molecule has 7 nitrogen and oxygen atoms in total. The van der Waals surface area contributed by atoms with Crippen molar-refractivity contribution in [1.82, 2.24) is 25.1 Å². The molecule has 1 atom stereocenters. The summed E-state index contributed by atoms with van der Waals surface area (Å²) in [5.74, 6) is 0.704. The van der Waals surface area contributed by atoms with E-state index < -0.39 is 0 Å². The Labute approximate surface area is 162 Å². The molecule has 0 saturated carbocycles. The average Bonchev–Trinajstić information content (AvgIpc) is 3.16. The molecular formula is C19H23N5O2S. The van der Waals surface area contributed by atoms with Gasteiger partial charge in [0.15, 0.2) is 5.82 Å². The van der Waals surface area contributed by atoms with Crippen LogP contribution in [0.25, 0.3) is 10.7 Å². The van der Waals surface area contributed by atoms with E-state index in [4.69, 9.17) is 0 Å². The quantitative estimate of drug-likeness (QED) is 0.850. The summed E-state index contributed by atoms with van der Waals surface area (Å²) in [4.78, 5) is 38.7. The highest BCUT2D eigenvalue weighted by Gasteiger charge is 2.42. The first-order valence-corrected chi connectivity index (χ1v) is 10.1. The number of piperazine rings is 1. The number of hydrogen-bond donors (Lipinski definition) is 1. The molecule has 2 amide bonds. The van der Waals surface area contributed by atoms with E-state index in [1.165, 1.54) is 0 Å². The Morgan fingerprint density at radius 2 is 2.07 bits per heavy atom. The maximum absolute atomic E-state index is 13.0. The molecule has 4 heterocycles. The highest BCUT2D eigenvalue weighted by Crippen LogP contribution is 2.31. The van der Waals surface area contributed by atoms with Crippen LogP contribution < -0.4 is 5.32 Å². The van der Waals surface area contributed by atoms with Crippen LogP contribution in [0, 0.1) is 0 Å². The number of carbonyl (C=O) groups excluding carboxylic acids is 2. The molecule has 0 aromatic carbocycles. The van der Waals surface area contributed by atoms with E-state index in [0.717, 1.165) is 24.3 Å². The lowest BCUT2D eigenvalue weighted by atomic mass is 9.86. The van der Waals surface area contributed by atoms with Crippen molar-refractivity contribution >= 4 is 23.2 Å². The van der Waals surface area contributed by atoms with Gasteiger partial charge >= 0.3 is 0 Å². The van der Waals surface area contributed by atoms with Crippen molar-refractivity contribution in [3.63, 3.8) is 0 Å². The van der Waals surface area contributed by atoms with Crippen molar-refractivity contribution in [3.8, 4) is 10.7 Å². The molecule has 142 valence electrons. The van der Waals surface area contributed by atoms with E-state index in [0.29, 0.717) is 37.4 Å². The second-order valence-corrected chi connectivity index (χ2v) is 8.19. The molecule has 0 radical (unpaired) electrons. The molecule has 1 unspecified atom stereocenters. The molecule has 0 aliphatic carbocycles. The Kier molecular flexibility index (Phi) is 4.92. The molecule has 4 rings (SSSR count). The Morgan fingerprint density at radius 3 is 2.81 bits per heavy atom. The van der Waals surface area contributed by atoms with Gasteiger partial charge in [-0.2, -0.15) is 0 Å². The third-order valence-corrected chi connectivity index (χ3v) is 6.52. The van der Waals surface area contributed by atoms with Gasteiger partial charge in [-0.1, -0.05) is 6.07 Å². The first-order valence-electron chi connectivity index (χ1n) is 9.21. The first-order chi connectivity index (χ1) is 13.1. The zero-order valence-corrected chi connectivity index (χ0v) is 16.2. The number of rotatable bonds is 2. The van der Waals surface area contributed by atoms with Crippen LogP contribution in [-0.4, -0.2) is 70.3 Å². The Bertz CT molecular complexity index is 823. The lowest BCUT2D eigenvalue weighted by Gasteiger charge is -2.49. The SMILES string of the molecule is CN1CCN(C(=O)c2cnc(-c3cccs3)nc2)CC12CCNC(=O)CC2. The van der Waals surface area contributed by atoms with E-state index in [-0.39, 0.29) is 17.4 Å². The van der Waals surface area contributed by atoms with Crippen molar-refractivity contribution in [2.75, 3.05) is 33.2 Å². The molecule has 0 bridgehead atoms. The van der Waals surface area contributed by atoms with Gasteiger partial charge in [0.2, 0.25) is 5.91 Å². The average molecular weight is 385 g/mol. The van der Waals surface area contributed by atoms with E-state index in [1.807, 2.05) is 22.4 Å². The van der Waals surface area contributed by atoms with Gasteiger partial charge in [-0.3, -0.25) is 14.5 Å². The minimum absolute atomic E-state index is 0.0382. The first kappa shape index (κ1) is 18.1. The molecule has 2 aliphatic rings. The normalized spacial score (nSPS) is 23.9. The number of nitrogens with zero attached hydrogens (tertiary/aromatic N) is 4. The maximum Gasteiger partial charge on any atom is 0.257 e. The van der Waals surface area contributed by atoms with Crippen LogP contribution in [0.1, 0.15) is 29.6 Å². The van der Waals surface area contributed by atoms with E-state index >= 15 is 0 Å². The summed E-state index contributed by atoms with van der Waals surface area (Å²) < 4.78 is 0. The van der Waals surface area contributed by atoms with Crippen LogP contribution >= 0.6 is 11.3 Å². The standard InChI is InChI=1S/C19H23N5O2S/c1-23-8-9-24(13-19(23)5-4-16(25)20-7-6-19)18(26)14-11-21-17(22-12-14)15-3-2-10-27-15/h2-3,10-12H,4-9,13H2,1H3,(H,20,25). The largest absolute Gasteiger partial charge is 0.356 e. The Hall–Kier alpha value is -2.32. The summed E-state index contributed by atoms with van der Waals surface area (Å²) in [7, 11) is 2.09. The molecule has 2 saturated heterocycles. The van der Waals surface area contributed by atoms with Crippen molar-refractivity contribution in [3.05, 3.63) is 35.5 Å². The smallest absolute Gasteiger partial charge is 0.257 e. The van der Waals surface area contributed by atoms with E-state index in [2.05, 4.69) is 27.2 Å². The van der Waals surface area contributed by atoms with Crippen LogP contribution in [0.3, 0.4) is 0 Å². The molecule has 1 N–H and O–H groups in total. The van der Waals surface area contributed by atoms with E-state index in [9.17, 15) is 9.59 Å². The number of aromatic nitrogens is 2. The highest BCUT2D eigenvalue weighted by atomic mass is 32.1. The van der Waals surface area contributed by atoms with Gasteiger partial charge in [-0.15, -0.1) is 11.3 Å². The van der Waals surface area contributed by atoms with Crippen molar-refractivity contribution in [1.29, 1.82) is 0 Å². The van der Waals surface area contributed by atoms with Gasteiger partial charge < -0.3 is 10.2 Å². The molecule has 2 aromatic heterocycles. The monoisotopic (exact) mass is 385 g/mol. The zero-order valence-electron chi connectivity index (χ0n) is 15.4. The van der Waals surface area contributed by atoms with Crippen LogP contribution in [0.2, 0.25) is 0 Å². The van der Waals surface area contributed by atoms with Gasteiger partial charge in [-0.05, 0) is 31.3 Å². The van der Waals surface area contributed by atoms with Crippen LogP contribution in [0.15, 0.2) is 29.9 Å². The molecule has 2 aromatic rings. The van der Waals surface area contributed by atoms with Crippen molar-refractivity contribution < 1.29 is 9.59 Å². The number of likely N-dealkylation sites (N-methyl/N-ethyl adjacent to an activating group) is 1. The fraction of sp³-hybridized carbons (Fsp3) is 0.474. The molecule has 1 spiro atoms. The van der Waals surface area contributed by atoms with Crippen molar-refractivity contribution in [2.24, 2.45) is 0 Å². The van der Waals surface area contributed by atoms with Crippen molar-refractivity contribution in [2.45, 2.75) is 24.8 Å². The predicted molar refractivity (Wildman–Crippen MR) is 103 cm³/mol. The number of hydrogen-bond acceptors (Lipinski definition) is 6. The van der Waals surface area contributed by atoms with Crippen LogP contribution in [-0.2, 0) is 4.79 Å². The lowest BCUT2D eigenvalue weighted by molar-refractivity contribution is -0.121. The Morgan fingerprint density at radius 1 is 1.26 bits per heavy atom. The molecule has 27 heavy (non-hydrogen) atoms. The van der Waals surface area contributed by atoms with Gasteiger partial charge in [0.1, 0.15) is 0 Å². The minimum Gasteiger partial charge on any atom is -0.356 e. The molecule has 8 heteroatoms. The van der Waals surface area contributed by atoms with Gasteiger partial charge in [0.25, 0.3) is 5.91 Å². The van der Waals surface area contributed by atoms with Gasteiger partial charge in [0.05, 0.1) is 10.4 Å².